The van der Waals surface area contributed by atoms with E-state index in [1.165, 1.54) is 5.56 Å². The zero-order valence-corrected chi connectivity index (χ0v) is 19.4. The van der Waals surface area contributed by atoms with Crippen molar-refractivity contribution < 1.29 is 19.0 Å². The molecule has 8 heteroatoms. The lowest BCUT2D eigenvalue weighted by Gasteiger charge is -2.33. The number of rotatable bonds is 6. The number of nitrogens with zero attached hydrogens (tertiary/aromatic N) is 3. The average Bonchev–Trinajstić information content (AvgIpc) is 3.10. The molecule has 2 aliphatic rings. The van der Waals surface area contributed by atoms with E-state index in [1.807, 2.05) is 31.3 Å². The number of amides is 1. The first-order valence-electron chi connectivity index (χ1n) is 11.8. The summed E-state index contributed by atoms with van der Waals surface area (Å²) in [6, 6.07) is 16.1. The van der Waals surface area contributed by atoms with Crippen LogP contribution < -0.4 is 14.8 Å². The quantitative estimate of drug-likeness (QED) is 0.607. The summed E-state index contributed by atoms with van der Waals surface area (Å²) >= 11 is 0. The highest BCUT2D eigenvalue weighted by molar-refractivity contribution is 6.00. The Kier molecular flexibility index (Phi) is 6.78. The molecule has 178 valence electrons. The van der Waals surface area contributed by atoms with Gasteiger partial charge in [-0.15, -0.1) is 0 Å². The number of nitrogens with one attached hydrogen (secondary N) is 1. The Morgan fingerprint density at radius 3 is 2.76 bits per heavy atom. The van der Waals surface area contributed by atoms with Crippen LogP contribution in [0.5, 0.6) is 11.5 Å². The van der Waals surface area contributed by atoms with Crippen LogP contribution in [0.25, 0.3) is 11.3 Å². The smallest absolute Gasteiger partial charge is 0.255 e. The number of carbonyl (C=O) groups is 1. The first-order valence-corrected chi connectivity index (χ1v) is 11.8. The third-order valence-electron chi connectivity index (χ3n) is 6.06. The van der Waals surface area contributed by atoms with Crippen molar-refractivity contribution >= 4 is 5.91 Å². The summed E-state index contributed by atoms with van der Waals surface area (Å²) < 4.78 is 19.1. The van der Waals surface area contributed by atoms with Gasteiger partial charge in [-0.2, -0.15) is 5.10 Å². The third-order valence-corrected chi connectivity index (χ3v) is 6.06. The summed E-state index contributed by atoms with van der Waals surface area (Å²) in [5, 5.41) is 7.60. The van der Waals surface area contributed by atoms with Crippen molar-refractivity contribution in [3.05, 3.63) is 65.9 Å². The lowest BCUT2D eigenvalue weighted by molar-refractivity contribution is -0.0292. The number of aryl methyl sites for hydroxylation is 1. The molecular weight excluding hydrogens is 432 g/mol. The SMILES string of the molecule is Cn1cc(C(=O)NCC2CN(Cc3ccccc3)CCO2)c(-c2ccc3c(c2)OCCCO3)n1. The minimum atomic E-state index is -0.168. The Morgan fingerprint density at radius 2 is 1.91 bits per heavy atom. The van der Waals surface area contributed by atoms with Crippen molar-refractivity contribution in [1.29, 1.82) is 0 Å². The van der Waals surface area contributed by atoms with Gasteiger partial charge in [0, 0.05) is 51.4 Å². The van der Waals surface area contributed by atoms with Crippen molar-refractivity contribution in [2.45, 2.75) is 19.1 Å². The molecule has 1 amide bonds. The summed E-state index contributed by atoms with van der Waals surface area (Å²) in [5.41, 5.74) is 3.24. The average molecular weight is 463 g/mol. The van der Waals surface area contributed by atoms with Gasteiger partial charge in [0.05, 0.1) is 31.5 Å². The molecule has 0 saturated carbocycles. The summed E-state index contributed by atoms with van der Waals surface area (Å²) in [5.74, 6) is 1.23. The van der Waals surface area contributed by atoms with Gasteiger partial charge in [0.2, 0.25) is 0 Å². The fourth-order valence-electron chi connectivity index (χ4n) is 4.37. The van der Waals surface area contributed by atoms with Gasteiger partial charge in [-0.3, -0.25) is 14.4 Å². The number of aromatic nitrogens is 2. The standard InChI is InChI=1S/C26H30N4O4/c1-29-18-22(25(28-29)20-8-9-23-24(14-20)34-12-5-11-33-23)26(31)27-15-21-17-30(10-13-32-21)16-19-6-3-2-4-7-19/h2-4,6-9,14,18,21H,5,10-13,15-17H2,1H3,(H,27,31). The molecular formula is C26H30N4O4. The molecule has 0 aliphatic carbocycles. The number of hydrogen-bond acceptors (Lipinski definition) is 6. The molecule has 1 fully saturated rings. The zero-order valence-electron chi connectivity index (χ0n) is 19.4. The van der Waals surface area contributed by atoms with E-state index in [4.69, 9.17) is 14.2 Å². The fourth-order valence-corrected chi connectivity index (χ4v) is 4.37. The van der Waals surface area contributed by atoms with Gasteiger partial charge in [-0.1, -0.05) is 30.3 Å². The van der Waals surface area contributed by atoms with E-state index in [0.29, 0.717) is 43.4 Å². The molecule has 1 atom stereocenters. The van der Waals surface area contributed by atoms with Crippen LogP contribution in [-0.2, 0) is 18.3 Å². The highest BCUT2D eigenvalue weighted by Crippen LogP contribution is 2.34. The second kappa shape index (κ2) is 10.3. The maximum Gasteiger partial charge on any atom is 0.255 e. The van der Waals surface area contributed by atoms with Gasteiger partial charge < -0.3 is 19.5 Å². The van der Waals surface area contributed by atoms with Crippen LogP contribution in [0.3, 0.4) is 0 Å². The Morgan fingerprint density at radius 1 is 1.09 bits per heavy atom. The molecule has 1 unspecified atom stereocenters. The molecule has 2 aliphatic heterocycles. The minimum absolute atomic E-state index is 0.0559. The number of ether oxygens (including phenoxy) is 3. The van der Waals surface area contributed by atoms with Gasteiger partial charge in [0.1, 0.15) is 5.69 Å². The second-order valence-electron chi connectivity index (χ2n) is 8.70. The molecule has 0 spiro atoms. The topological polar surface area (TPSA) is 77.9 Å². The van der Waals surface area contributed by atoms with Gasteiger partial charge in [-0.25, -0.2) is 0 Å². The normalized spacial score (nSPS) is 18.3. The van der Waals surface area contributed by atoms with Gasteiger partial charge in [0.25, 0.3) is 5.91 Å². The maximum atomic E-state index is 13.1. The number of fused-ring (bicyclic) bond motifs is 1. The summed E-state index contributed by atoms with van der Waals surface area (Å²) in [7, 11) is 1.81. The summed E-state index contributed by atoms with van der Waals surface area (Å²) in [6.45, 7) is 4.88. The number of hydrogen-bond donors (Lipinski definition) is 1. The first kappa shape index (κ1) is 22.4. The molecule has 5 rings (SSSR count). The van der Waals surface area contributed by atoms with E-state index in [-0.39, 0.29) is 12.0 Å². The van der Waals surface area contributed by atoms with Crippen LogP contribution in [-0.4, -0.2) is 66.1 Å². The van der Waals surface area contributed by atoms with Gasteiger partial charge in [-0.05, 0) is 23.8 Å². The van der Waals surface area contributed by atoms with Crippen molar-refractivity contribution in [2.75, 3.05) is 39.5 Å². The van der Waals surface area contributed by atoms with Crippen LogP contribution in [0.1, 0.15) is 22.3 Å². The Balaban J connectivity index is 1.24. The Hall–Kier alpha value is -3.36. The van der Waals surface area contributed by atoms with E-state index in [0.717, 1.165) is 37.4 Å². The Bertz CT molecular complexity index is 1130. The highest BCUT2D eigenvalue weighted by atomic mass is 16.5. The molecule has 3 aromatic rings. The van der Waals surface area contributed by atoms with E-state index < -0.39 is 0 Å². The van der Waals surface area contributed by atoms with E-state index in [9.17, 15) is 4.79 Å². The molecule has 0 radical (unpaired) electrons. The summed E-state index contributed by atoms with van der Waals surface area (Å²) in [6.07, 6.45) is 2.53. The highest BCUT2D eigenvalue weighted by Gasteiger charge is 2.24. The molecule has 8 nitrogen and oxygen atoms in total. The number of carbonyl (C=O) groups excluding carboxylic acids is 1. The van der Waals surface area contributed by atoms with Crippen LogP contribution in [0.2, 0.25) is 0 Å². The maximum absolute atomic E-state index is 13.1. The lowest BCUT2D eigenvalue weighted by atomic mass is 10.1. The van der Waals surface area contributed by atoms with Crippen molar-refractivity contribution in [2.24, 2.45) is 7.05 Å². The van der Waals surface area contributed by atoms with Crippen LogP contribution in [0.4, 0.5) is 0 Å². The molecule has 1 saturated heterocycles. The predicted octanol–water partition coefficient (Wildman–Crippen LogP) is 2.88. The lowest BCUT2D eigenvalue weighted by Crippen LogP contribution is -2.47. The molecule has 1 aromatic heterocycles. The van der Waals surface area contributed by atoms with Crippen molar-refractivity contribution in [3.8, 4) is 22.8 Å². The minimum Gasteiger partial charge on any atom is -0.490 e. The molecule has 2 aromatic carbocycles. The van der Waals surface area contributed by atoms with Crippen LogP contribution >= 0.6 is 0 Å². The van der Waals surface area contributed by atoms with Gasteiger partial charge in [0.15, 0.2) is 11.5 Å². The van der Waals surface area contributed by atoms with Crippen LogP contribution in [0.15, 0.2) is 54.7 Å². The first-order chi connectivity index (χ1) is 16.7. The number of benzene rings is 2. The van der Waals surface area contributed by atoms with Gasteiger partial charge >= 0.3 is 0 Å². The fraction of sp³-hybridized carbons (Fsp3) is 0.385. The van der Waals surface area contributed by atoms with E-state index >= 15 is 0 Å². The third kappa shape index (κ3) is 5.24. The largest absolute Gasteiger partial charge is 0.490 e. The predicted molar refractivity (Wildman–Crippen MR) is 128 cm³/mol. The zero-order chi connectivity index (χ0) is 23.3. The summed E-state index contributed by atoms with van der Waals surface area (Å²) in [4.78, 5) is 15.5. The molecule has 34 heavy (non-hydrogen) atoms. The Labute approximate surface area is 199 Å². The van der Waals surface area contributed by atoms with E-state index in [1.54, 1.807) is 10.9 Å². The molecule has 1 N–H and O–H groups in total. The second-order valence-corrected chi connectivity index (χ2v) is 8.70. The van der Waals surface area contributed by atoms with Crippen molar-refractivity contribution in [1.82, 2.24) is 20.0 Å². The monoisotopic (exact) mass is 462 g/mol. The van der Waals surface area contributed by atoms with Crippen LogP contribution in [0, 0.1) is 0 Å². The number of morpholine rings is 1. The molecule has 3 heterocycles. The molecule has 0 bridgehead atoms. The van der Waals surface area contributed by atoms with E-state index in [2.05, 4.69) is 39.6 Å². The van der Waals surface area contributed by atoms with Crippen molar-refractivity contribution in [3.63, 3.8) is 0 Å².